The first-order valence-electron chi connectivity index (χ1n) is 6.58. The third-order valence-corrected chi connectivity index (χ3v) is 3.55. The highest BCUT2D eigenvalue weighted by Crippen LogP contribution is 2.30. The lowest BCUT2D eigenvalue weighted by Gasteiger charge is -2.20. The molecule has 1 aliphatic carbocycles. The van der Waals surface area contributed by atoms with Gasteiger partial charge in [-0.3, -0.25) is 4.79 Å². The summed E-state index contributed by atoms with van der Waals surface area (Å²) in [5.41, 5.74) is 1.75. The summed E-state index contributed by atoms with van der Waals surface area (Å²) in [6.45, 7) is 1.18. The summed E-state index contributed by atoms with van der Waals surface area (Å²) in [4.78, 5) is 17.4. The normalized spacial score (nSPS) is 14.3. The fourth-order valence-corrected chi connectivity index (χ4v) is 2.31. The van der Waals surface area contributed by atoms with Gasteiger partial charge in [-0.15, -0.1) is 6.42 Å². The maximum Gasteiger partial charge on any atom is 0.254 e. The molecule has 1 aromatic carbocycles. The largest absolute Gasteiger partial charge is 0.361 e. The van der Waals surface area contributed by atoms with Crippen molar-refractivity contribution >= 4 is 16.8 Å². The molecule has 1 amide bonds. The Morgan fingerprint density at radius 3 is 3.00 bits per heavy atom. The number of hydrogen-bond donors (Lipinski definition) is 1. The van der Waals surface area contributed by atoms with E-state index in [0.717, 1.165) is 17.4 Å². The van der Waals surface area contributed by atoms with Crippen molar-refractivity contribution in [3.05, 3.63) is 36.0 Å². The second kappa shape index (κ2) is 4.81. The average Bonchev–Trinajstić information content (AvgIpc) is 3.11. The van der Waals surface area contributed by atoms with Gasteiger partial charge in [0, 0.05) is 29.2 Å². The van der Waals surface area contributed by atoms with E-state index in [1.807, 2.05) is 30.5 Å². The van der Waals surface area contributed by atoms with Crippen molar-refractivity contribution in [1.82, 2.24) is 9.88 Å². The maximum absolute atomic E-state index is 12.5. The summed E-state index contributed by atoms with van der Waals surface area (Å²) in [5.74, 6) is 3.26. The Bertz CT molecular complexity index is 646. The van der Waals surface area contributed by atoms with E-state index < -0.39 is 0 Å². The Hall–Kier alpha value is -2.21. The first-order valence-corrected chi connectivity index (χ1v) is 6.58. The lowest BCUT2D eigenvalue weighted by molar-refractivity contribution is 0.0770. The summed E-state index contributed by atoms with van der Waals surface area (Å²) in [6, 6.07) is 7.69. The van der Waals surface area contributed by atoms with Gasteiger partial charge in [-0.2, -0.15) is 0 Å². The quantitative estimate of drug-likeness (QED) is 0.834. The first-order chi connectivity index (χ1) is 9.28. The zero-order chi connectivity index (χ0) is 13.2. The van der Waals surface area contributed by atoms with E-state index in [0.29, 0.717) is 18.0 Å². The van der Waals surface area contributed by atoms with Crippen LogP contribution in [0.25, 0.3) is 10.9 Å². The molecule has 3 nitrogen and oxygen atoms in total. The Morgan fingerprint density at radius 1 is 1.42 bits per heavy atom. The van der Waals surface area contributed by atoms with Crippen LogP contribution in [0, 0.1) is 18.3 Å². The van der Waals surface area contributed by atoms with Crippen LogP contribution < -0.4 is 0 Å². The van der Waals surface area contributed by atoms with Crippen molar-refractivity contribution in [1.29, 1.82) is 0 Å². The van der Waals surface area contributed by atoms with E-state index in [1.165, 1.54) is 12.8 Å². The molecule has 19 heavy (non-hydrogen) atoms. The molecule has 0 aliphatic heterocycles. The number of carbonyl (C=O) groups is 1. The summed E-state index contributed by atoms with van der Waals surface area (Å²) in [6.07, 6.45) is 9.67. The predicted octanol–water partition coefficient (Wildman–Crippen LogP) is 2.65. The number of H-pyrrole nitrogens is 1. The molecule has 0 bridgehead atoms. The number of aromatic amines is 1. The second-order valence-electron chi connectivity index (χ2n) is 5.11. The zero-order valence-corrected chi connectivity index (χ0v) is 10.7. The monoisotopic (exact) mass is 252 g/mol. The standard InChI is InChI=1S/C16H16N2O/c1-2-9-18(11-12-3-4-12)16(19)14-5-6-15-13(10-14)7-8-17-15/h1,5-8,10,12,17H,3-4,9,11H2. The SMILES string of the molecule is C#CCN(CC1CC1)C(=O)c1ccc2[nH]ccc2c1. The predicted molar refractivity (Wildman–Crippen MR) is 75.8 cm³/mol. The molecular weight excluding hydrogens is 236 g/mol. The number of nitrogens with one attached hydrogen (secondary N) is 1. The molecule has 1 heterocycles. The number of amides is 1. The molecule has 3 heteroatoms. The van der Waals surface area contributed by atoms with Gasteiger partial charge in [0.2, 0.25) is 0 Å². The molecule has 0 radical (unpaired) electrons. The van der Waals surface area contributed by atoms with Crippen LogP contribution in [-0.2, 0) is 0 Å². The molecule has 0 spiro atoms. The highest BCUT2D eigenvalue weighted by atomic mass is 16.2. The van der Waals surface area contributed by atoms with Crippen molar-refractivity contribution in [2.45, 2.75) is 12.8 Å². The number of hydrogen-bond acceptors (Lipinski definition) is 1. The molecule has 0 atom stereocenters. The summed E-state index contributed by atoms with van der Waals surface area (Å²) >= 11 is 0. The Morgan fingerprint density at radius 2 is 2.26 bits per heavy atom. The van der Waals surface area contributed by atoms with Crippen molar-refractivity contribution < 1.29 is 4.79 Å². The number of carbonyl (C=O) groups excluding carboxylic acids is 1. The lowest BCUT2D eigenvalue weighted by Crippen LogP contribution is -2.33. The highest BCUT2D eigenvalue weighted by Gasteiger charge is 2.26. The van der Waals surface area contributed by atoms with Gasteiger partial charge in [-0.25, -0.2) is 0 Å². The van der Waals surface area contributed by atoms with Crippen molar-refractivity contribution in [3.8, 4) is 12.3 Å². The van der Waals surface area contributed by atoms with Crippen LogP contribution in [0.4, 0.5) is 0 Å². The van der Waals surface area contributed by atoms with Gasteiger partial charge in [0.05, 0.1) is 6.54 Å². The van der Waals surface area contributed by atoms with Crippen molar-refractivity contribution in [2.24, 2.45) is 5.92 Å². The number of rotatable bonds is 4. The average molecular weight is 252 g/mol. The number of terminal acetylenes is 1. The van der Waals surface area contributed by atoms with E-state index >= 15 is 0 Å². The minimum absolute atomic E-state index is 0.0351. The number of fused-ring (bicyclic) bond motifs is 1. The van der Waals surface area contributed by atoms with Crippen LogP contribution in [0.2, 0.25) is 0 Å². The van der Waals surface area contributed by atoms with E-state index in [-0.39, 0.29) is 5.91 Å². The van der Waals surface area contributed by atoms with Crippen LogP contribution in [0.3, 0.4) is 0 Å². The third-order valence-electron chi connectivity index (χ3n) is 3.55. The lowest BCUT2D eigenvalue weighted by atomic mass is 10.1. The minimum Gasteiger partial charge on any atom is -0.361 e. The van der Waals surface area contributed by atoms with Crippen molar-refractivity contribution in [3.63, 3.8) is 0 Å². The van der Waals surface area contributed by atoms with Gasteiger partial charge >= 0.3 is 0 Å². The fourth-order valence-electron chi connectivity index (χ4n) is 2.31. The second-order valence-corrected chi connectivity index (χ2v) is 5.11. The zero-order valence-electron chi connectivity index (χ0n) is 10.7. The third kappa shape index (κ3) is 2.48. The molecular formula is C16H16N2O. The number of benzene rings is 1. The molecule has 0 unspecified atom stereocenters. The van der Waals surface area contributed by atoms with Crippen LogP contribution in [-0.4, -0.2) is 28.9 Å². The van der Waals surface area contributed by atoms with Gasteiger partial charge < -0.3 is 9.88 Å². The van der Waals surface area contributed by atoms with Crippen molar-refractivity contribution in [2.75, 3.05) is 13.1 Å². The van der Waals surface area contributed by atoms with E-state index in [1.54, 1.807) is 4.90 Å². The van der Waals surface area contributed by atoms with Gasteiger partial charge in [-0.05, 0) is 43.0 Å². The molecule has 3 rings (SSSR count). The van der Waals surface area contributed by atoms with Gasteiger partial charge in [0.15, 0.2) is 0 Å². The van der Waals surface area contributed by atoms with E-state index in [4.69, 9.17) is 6.42 Å². The maximum atomic E-state index is 12.5. The molecule has 1 aliphatic rings. The number of nitrogens with zero attached hydrogens (tertiary/aromatic N) is 1. The Balaban J connectivity index is 1.85. The topological polar surface area (TPSA) is 36.1 Å². The molecule has 0 saturated heterocycles. The fraction of sp³-hybridized carbons (Fsp3) is 0.312. The smallest absolute Gasteiger partial charge is 0.254 e. The molecule has 96 valence electrons. The molecule has 1 aromatic heterocycles. The molecule has 1 saturated carbocycles. The minimum atomic E-state index is 0.0351. The first kappa shape index (κ1) is 11.9. The van der Waals surface area contributed by atoms with E-state index in [2.05, 4.69) is 10.9 Å². The van der Waals surface area contributed by atoms with Crippen LogP contribution in [0.5, 0.6) is 0 Å². The summed E-state index contributed by atoms with van der Waals surface area (Å²) < 4.78 is 0. The number of aromatic nitrogens is 1. The molecule has 1 fully saturated rings. The van der Waals surface area contributed by atoms with Crippen LogP contribution >= 0.6 is 0 Å². The molecule has 1 N–H and O–H groups in total. The molecule has 2 aromatic rings. The Labute approximate surface area is 112 Å². The highest BCUT2D eigenvalue weighted by molar-refractivity contribution is 5.98. The summed E-state index contributed by atoms with van der Waals surface area (Å²) in [5, 5.41) is 1.05. The van der Waals surface area contributed by atoms with Gasteiger partial charge in [0.1, 0.15) is 0 Å². The van der Waals surface area contributed by atoms with Crippen LogP contribution in [0.15, 0.2) is 30.5 Å². The van der Waals surface area contributed by atoms with E-state index in [9.17, 15) is 4.79 Å². The van der Waals surface area contributed by atoms with Gasteiger partial charge in [0.25, 0.3) is 5.91 Å². The van der Waals surface area contributed by atoms with Crippen LogP contribution in [0.1, 0.15) is 23.2 Å². The summed E-state index contributed by atoms with van der Waals surface area (Å²) in [7, 11) is 0. The Kier molecular flexibility index (Phi) is 3.00. The van der Waals surface area contributed by atoms with Gasteiger partial charge in [-0.1, -0.05) is 5.92 Å².